The Bertz CT molecular complexity index is 595. The Morgan fingerprint density at radius 1 is 1.31 bits per heavy atom. The largest absolute Gasteiger partial charge is 0.369 e. The third-order valence-electron chi connectivity index (χ3n) is 1.98. The third-order valence-corrected chi connectivity index (χ3v) is 3.21. The van der Waals surface area contributed by atoms with Crippen molar-refractivity contribution in [2.45, 2.75) is 0 Å². The molecular weight excluding hydrogens is 338 g/mol. The van der Waals surface area contributed by atoms with Gasteiger partial charge < -0.3 is 5.73 Å². The molecule has 0 saturated carbocycles. The van der Waals surface area contributed by atoms with Gasteiger partial charge in [0, 0.05) is 10.0 Å². The Balaban J connectivity index is 2.69. The third kappa shape index (κ3) is 2.17. The molecule has 3 N–H and O–H groups in total. The molecule has 0 fully saturated rings. The highest BCUT2D eigenvalue weighted by Crippen LogP contribution is 2.25. The lowest BCUT2D eigenvalue weighted by molar-refractivity contribution is 1.12. The van der Waals surface area contributed by atoms with Crippen molar-refractivity contribution in [2.24, 2.45) is 0 Å². The second-order valence-electron chi connectivity index (χ2n) is 3.12. The molecular formula is C10H7Br2N3O. The van der Waals surface area contributed by atoms with Gasteiger partial charge in [0.25, 0.3) is 5.56 Å². The van der Waals surface area contributed by atoms with Crippen LogP contribution in [-0.2, 0) is 0 Å². The lowest BCUT2D eigenvalue weighted by atomic mass is 10.1. The fourth-order valence-electron chi connectivity index (χ4n) is 1.30. The summed E-state index contributed by atoms with van der Waals surface area (Å²) in [6.45, 7) is 0. The normalized spacial score (nSPS) is 10.4. The van der Waals surface area contributed by atoms with E-state index in [0.29, 0.717) is 10.2 Å². The molecule has 2 rings (SSSR count). The molecule has 0 saturated heterocycles. The highest BCUT2D eigenvalue weighted by atomic mass is 79.9. The van der Waals surface area contributed by atoms with Gasteiger partial charge in [-0.05, 0) is 28.1 Å². The number of hydrogen-bond acceptors (Lipinski definition) is 3. The van der Waals surface area contributed by atoms with Crippen molar-refractivity contribution in [3.8, 4) is 11.3 Å². The Kier molecular flexibility index (Phi) is 3.11. The lowest BCUT2D eigenvalue weighted by Gasteiger charge is -2.04. The van der Waals surface area contributed by atoms with Crippen molar-refractivity contribution in [3.63, 3.8) is 0 Å². The van der Waals surface area contributed by atoms with E-state index in [0.717, 1.165) is 10.0 Å². The summed E-state index contributed by atoms with van der Waals surface area (Å²) in [7, 11) is 0. The Morgan fingerprint density at radius 2 is 2.06 bits per heavy atom. The number of benzene rings is 1. The predicted molar refractivity (Wildman–Crippen MR) is 70.1 cm³/mol. The van der Waals surface area contributed by atoms with E-state index in [1.54, 1.807) is 0 Å². The van der Waals surface area contributed by atoms with E-state index < -0.39 is 0 Å². The quantitative estimate of drug-likeness (QED) is 0.835. The fourth-order valence-corrected chi connectivity index (χ4v) is 2.12. The zero-order chi connectivity index (χ0) is 11.7. The van der Waals surface area contributed by atoms with Crippen LogP contribution in [0.5, 0.6) is 0 Å². The van der Waals surface area contributed by atoms with Crippen molar-refractivity contribution < 1.29 is 0 Å². The van der Waals surface area contributed by atoms with E-state index in [4.69, 9.17) is 5.73 Å². The van der Waals surface area contributed by atoms with Crippen LogP contribution < -0.4 is 11.3 Å². The van der Waals surface area contributed by atoms with Gasteiger partial charge in [0.05, 0.1) is 5.69 Å². The summed E-state index contributed by atoms with van der Waals surface area (Å²) in [6, 6.07) is 7.49. The zero-order valence-corrected chi connectivity index (χ0v) is 11.2. The Hall–Kier alpha value is -1.14. The summed E-state index contributed by atoms with van der Waals surface area (Å²) in [5.74, 6) is 0.100. The highest BCUT2D eigenvalue weighted by Gasteiger charge is 2.09. The average molecular weight is 345 g/mol. The first-order chi connectivity index (χ1) is 7.58. The molecule has 6 heteroatoms. The van der Waals surface area contributed by atoms with Crippen LogP contribution in [0.2, 0.25) is 0 Å². The van der Waals surface area contributed by atoms with Gasteiger partial charge in [-0.25, -0.2) is 4.98 Å². The van der Waals surface area contributed by atoms with E-state index in [1.807, 2.05) is 24.3 Å². The monoisotopic (exact) mass is 343 g/mol. The molecule has 0 bridgehead atoms. The maximum atomic E-state index is 11.5. The number of aromatic nitrogens is 2. The molecule has 2 aromatic rings. The maximum Gasteiger partial charge on any atom is 0.267 e. The van der Waals surface area contributed by atoms with Crippen LogP contribution in [0, 0.1) is 0 Å². The molecule has 0 unspecified atom stereocenters. The molecule has 0 aliphatic rings. The summed E-state index contributed by atoms with van der Waals surface area (Å²) in [5, 5.41) is 0. The van der Waals surface area contributed by atoms with Gasteiger partial charge in [-0.2, -0.15) is 0 Å². The van der Waals surface area contributed by atoms with Crippen molar-refractivity contribution in [1.29, 1.82) is 0 Å². The van der Waals surface area contributed by atoms with Gasteiger partial charge in [0.2, 0.25) is 5.95 Å². The number of H-pyrrole nitrogens is 1. The van der Waals surface area contributed by atoms with Crippen molar-refractivity contribution in [3.05, 3.63) is 43.6 Å². The Labute approximate surface area is 108 Å². The van der Waals surface area contributed by atoms with Crippen LogP contribution in [0.1, 0.15) is 0 Å². The van der Waals surface area contributed by atoms with Crippen LogP contribution in [0.25, 0.3) is 11.3 Å². The summed E-state index contributed by atoms with van der Waals surface area (Å²) in [6.07, 6.45) is 0. The number of nitrogens with one attached hydrogen (secondary N) is 1. The van der Waals surface area contributed by atoms with E-state index in [-0.39, 0.29) is 11.5 Å². The van der Waals surface area contributed by atoms with Gasteiger partial charge in [-0.1, -0.05) is 28.1 Å². The number of anilines is 1. The van der Waals surface area contributed by atoms with Crippen LogP contribution in [0.4, 0.5) is 5.95 Å². The number of nitrogen functional groups attached to an aromatic ring is 1. The predicted octanol–water partition coefficient (Wildman–Crippen LogP) is 2.54. The van der Waals surface area contributed by atoms with Gasteiger partial charge >= 0.3 is 0 Å². The molecule has 0 spiro atoms. The van der Waals surface area contributed by atoms with Gasteiger partial charge in [-0.3, -0.25) is 9.78 Å². The first kappa shape index (κ1) is 11.3. The minimum atomic E-state index is -0.289. The molecule has 0 aliphatic carbocycles. The highest BCUT2D eigenvalue weighted by molar-refractivity contribution is 9.10. The van der Waals surface area contributed by atoms with E-state index in [9.17, 15) is 4.79 Å². The first-order valence-corrected chi connectivity index (χ1v) is 5.98. The van der Waals surface area contributed by atoms with Gasteiger partial charge in [-0.15, -0.1) is 0 Å². The topological polar surface area (TPSA) is 71.8 Å². The van der Waals surface area contributed by atoms with E-state index in [2.05, 4.69) is 41.8 Å². The molecule has 1 aromatic carbocycles. The van der Waals surface area contributed by atoms with Crippen molar-refractivity contribution >= 4 is 37.8 Å². The number of aromatic amines is 1. The van der Waals surface area contributed by atoms with Crippen molar-refractivity contribution in [2.75, 3.05) is 5.73 Å². The number of nitrogens with zero attached hydrogens (tertiary/aromatic N) is 1. The van der Waals surface area contributed by atoms with Gasteiger partial charge in [0.1, 0.15) is 4.47 Å². The molecule has 0 atom stereocenters. The minimum absolute atomic E-state index is 0.100. The van der Waals surface area contributed by atoms with E-state index >= 15 is 0 Å². The number of halogens is 2. The first-order valence-electron chi connectivity index (χ1n) is 4.39. The second-order valence-corrected chi connectivity index (χ2v) is 4.83. The molecule has 0 amide bonds. The molecule has 1 heterocycles. The van der Waals surface area contributed by atoms with E-state index in [1.165, 1.54) is 0 Å². The molecule has 82 valence electrons. The SMILES string of the molecule is Nc1nc(-c2cccc(Br)c2)c(Br)c(=O)[nH]1. The second kappa shape index (κ2) is 4.39. The Morgan fingerprint density at radius 3 is 2.75 bits per heavy atom. The summed E-state index contributed by atoms with van der Waals surface area (Å²) in [5.41, 5.74) is 6.56. The fraction of sp³-hybridized carbons (Fsp3) is 0. The molecule has 0 aliphatic heterocycles. The number of hydrogen-bond donors (Lipinski definition) is 2. The van der Waals surface area contributed by atoms with Crippen LogP contribution in [0.15, 0.2) is 38.0 Å². The number of rotatable bonds is 1. The summed E-state index contributed by atoms with van der Waals surface area (Å²) in [4.78, 5) is 18.0. The minimum Gasteiger partial charge on any atom is -0.369 e. The smallest absolute Gasteiger partial charge is 0.267 e. The zero-order valence-electron chi connectivity index (χ0n) is 8.00. The number of nitrogens with two attached hydrogens (primary N) is 1. The molecule has 1 aromatic heterocycles. The maximum absolute atomic E-state index is 11.5. The average Bonchev–Trinajstić information content (AvgIpc) is 2.23. The molecule has 16 heavy (non-hydrogen) atoms. The van der Waals surface area contributed by atoms with Crippen LogP contribution in [-0.4, -0.2) is 9.97 Å². The van der Waals surface area contributed by atoms with Crippen LogP contribution in [0.3, 0.4) is 0 Å². The standard InChI is InChI=1S/C10H7Br2N3O/c11-6-3-1-2-5(4-6)8-7(12)9(16)15-10(13)14-8/h1-4H,(H3,13,14,15,16). The summed E-state index contributed by atoms with van der Waals surface area (Å²) < 4.78 is 1.29. The summed E-state index contributed by atoms with van der Waals surface area (Å²) >= 11 is 6.56. The molecule has 4 nitrogen and oxygen atoms in total. The van der Waals surface area contributed by atoms with Crippen molar-refractivity contribution in [1.82, 2.24) is 9.97 Å². The lowest BCUT2D eigenvalue weighted by Crippen LogP contribution is -2.13. The molecule has 0 radical (unpaired) electrons. The van der Waals surface area contributed by atoms with Crippen LogP contribution >= 0.6 is 31.9 Å². The van der Waals surface area contributed by atoms with Gasteiger partial charge in [0.15, 0.2) is 0 Å².